The molecule has 3 atom stereocenters. The number of nitrogens with one attached hydrogen (secondary N) is 4. The lowest BCUT2D eigenvalue weighted by Crippen LogP contribution is -2.53. The molecule has 4 N–H and O–H groups in total. The first-order valence-electron chi connectivity index (χ1n) is 9.77. The van der Waals surface area contributed by atoms with Crippen LogP contribution in [0.4, 0.5) is 0 Å². The summed E-state index contributed by atoms with van der Waals surface area (Å²) in [6, 6.07) is 7.05. The van der Waals surface area contributed by atoms with Crippen LogP contribution in [0.3, 0.4) is 0 Å². The molecule has 8 heteroatoms. The summed E-state index contributed by atoms with van der Waals surface area (Å²) in [6.07, 6.45) is 3.49. The van der Waals surface area contributed by atoms with E-state index >= 15 is 0 Å². The number of hydrazine groups is 1. The van der Waals surface area contributed by atoms with Crippen molar-refractivity contribution >= 4 is 29.1 Å². The Labute approximate surface area is 171 Å². The van der Waals surface area contributed by atoms with Crippen LogP contribution in [0.15, 0.2) is 24.3 Å². The van der Waals surface area contributed by atoms with E-state index in [2.05, 4.69) is 35.3 Å². The minimum Gasteiger partial charge on any atom is -0.494 e. The molecule has 1 aliphatic carbocycles. The molecular formula is C20H30N4O3S. The Morgan fingerprint density at radius 3 is 2.54 bits per heavy atom. The van der Waals surface area contributed by atoms with Crippen LogP contribution in [-0.4, -0.2) is 36.1 Å². The second-order valence-corrected chi connectivity index (χ2v) is 7.57. The lowest BCUT2D eigenvalue weighted by atomic mass is 9.78. The van der Waals surface area contributed by atoms with Gasteiger partial charge in [-0.1, -0.05) is 26.7 Å². The number of hydrogen-bond donors (Lipinski definition) is 4. The van der Waals surface area contributed by atoms with Gasteiger partial charge < -0.3 is 15.4 Å². The highest BCUT2D eigenvalue weighted by molar-refractivity contribution is 7.80. The molecule has 0 saturated heterocycles. The third kappa shape index (κ3) is 6.67. The number of thiocarbonyl (C=S) groups is 1. The van der Waals surface area contributed by atoms with Crippen LogP contribution in [0.1, 0.15) is 50.4 Å². The molecule has 2 amide bonds. The molecule has 1 fully saturated rings. The molecule has 0 aliphatic heterocycles. The fourth-order valence-corrected chi connectivity index (χ4v) is 3.50. The maximum Gasteiger partial charge on any atom is 0.257 e. The molecule has 154 valence electrons. The normalized spacial score (nSPS) is 21.3. The van der Waals surface area contributed by atoms with Gasteiger partial charge in [-0.3, -0.25) is 20.4 Å². The van der Waals surface area contributed by atoms with E-state index < -0.39 is 0 Å². The third-order valence-electron chi connectivity index (χ3n) is 5.18. The van der Waals surface area contributed by atoms with E-state index in [1.54, 1.807) is 24.3 Å². The molecule has 1 aromatic carbocycles. The maximum absolute atomic E-state index is 12.1. The third-order valence-corrected chi connectivity index (χ3v) is 5.40. The average Bonchev–Trinajstić information content (AvgIpc) is 2.69. The Morgan fingerprint density at radius 1 is 1.14 bits per heavy atom. The highest BCUT2D eigenvalue weighted by Gasteiger charge is 2.27. The summed E-state index contributed by atoms with van der Waals surface area (Å²) in [4.78, 5) is 24.0. The minimum atomic E-state index is -0.381. The first kappa shape index (κ1) is 21.9. The second kappa shape index (κ2) is 10.8. The van der Waals surface area contributed by atoms with Crippen LogP contribution in [-0.2, 0) is 4.79 Å². The Bertz CT molecular complexity index is 681. The predicted molar refractivity (Wildman–Crippen MR) is 113 cm³/mol. The summed E-state index contributed by atoms with van der Waals surface area (Å²) in [5.41, 5.74) is 5.67. The predicted octanol–water partition coefficient (Wildman–Crippen LogP) is 2.14. The Morgan fingerprint density at radius 2 is 1.86 bits per heavy atom. The molecule has 1 saturated carbocycles. The lowest BCUT2D eigenvalue weighted by molar-refractivity contribution is -0.120. The van der Waals surface area contributed by atoms with Gasteiger partial charge in [-0.25, -0.2) is 0 Å². The van der Waals surface area contributed by atoms with Gasteiger partial charge in [-0.15, -0.1) is 0 Å². The Hall–Kier alpha value is -2.35. The first-order chi connectivity index (χ1) is 13.4. The summed E-state index contributed by atoms with van der Waals surface area (Å²) < 4.78 is 5.34. The number of benzene rings is 1. The number of carbonyl (C=O) groups is 2. The number of rotatable bonds is 6. The quantitative estimate of drug-likeness (QED) is 0.427. The second-order valence-electron chi connectivity index (χ2n) is 7.16. The van der Waals surface area contributed by atoms with E-state index in [1.807, 2.05) is 6.92 Å². The molecule has 1 aromatic rings. The molecule has 28 heavy (non-hydrogen) atoms. The van der Waals surface area contributed by atoms with Gasteiger partial charge in [0.2, 0.25) is 0 Å². The van der Waals surface area contributed by atoms with Gasteiger partial charge in [0.15, 0.2) is 5.11 Å². The number of amides is 2. The van der Waals surface area contributed by atoms with Gasteiger partial charge in [-0.2, -0.15) is 0 Å². The fourth-order valence-electron chi connectivity index (χ4n) is 3.29. The maximum atomic E-state index is 12.1. The molecule has 0 heterocycles. The fraction of sp³-hybridized carbons (Fsp3) is 0.550. The smallest absolute Gasteiger partial charge is 0.257 e. The van der Waals surface area contributed by atoms with E-state index in [1.165, 1.54) is 12.8 Å². The van der Waals surface area contributed by atoms with E-state index in [0.717, 1.165) is 6.42 Å². The van der Waals surface area contributed by atoms with Crippen LogP contribution in [0.2, 0.25) is 0 Å². The van der Waals surface area contributed by atoms with E-state index in [4.69, 9.17) is 17.0 Å². The molecule has 0 bridgehead atoms. The minimum absolute atomic E-state index is 0.154. The lowest BCUT2D eigenvalue weighted by Gasteiger charge is -2.35. The zero-order valence-corrected chi connectivity index (χ0v) is 17.5. The average molecular weight is 407 g/mol. The number of ether oxygens (including phenoxy) is 1. The molecule has 0 aromatic heterocycles. The molecule has 2 rings (SSSR count). The highest BCUT2D eigenvalue weighted by atomic mass is 32.1. The van der Waals surface area contributed by atoms with Crippen molar-refractivity contribution in [2.75, 3.05) is 13.2 Å². The van der Waals surface area contributed by atoms with Crippen molar-refractivity contribution in [3.05, 3.63) is 29.8 Å². The molecule has 7 nitrogen and oxygen atoms in total. The first-order valence-corrected chi connectivity index (χ1v) is 10.2. The van der Waals surface area contributed by atoms with Crippen LogP contribution in [0.5, 0.6) is 5.75 Å². The van der Waals surface area contributed by atoms with Crippen LogP contribution in [0.25, 0.3) is 0 Å². The topological polar surface area (TPSA) is 91.5 Å². The van der Waals surface area contributed by atoms with Crippen LogP contribution < -0.4 is 26.2 Å². The van der Waals surface area contributed by atoms with Gasteiger partial charge in [-0.05, 0) is 61.7 Å². The van der Waals surface area contributed by atoms with Gasteiger partial charge in [0.1, 0.15) is 5.75 Å². The van der Waals surface area contributed by atoms with E-state index in [0.29, 0.717) is 40.9 Å². The summed E-state index contributed by atoms with van der Waals surface area (Å²) in [5.74, 6) is 1.17. The van der Waals surface area contributed by atoms with E-state index in [9.17, 15) is 9.59 Å². The summed E-state index contributed by atoms with van der Waals surface area (Å²) in [7, 11) is 0. The molecule has 1 aliphatic rings. The van der Waals surface area contributed by atoms with Gasteiger partial charge >= 0.3 is 0 Å². The molecule has 0 unspecified atom stereocenters. The Balaban J connectivity index is 1.69. The summed E-state index contributed by atoms with van der Waals surface area (Å²) >= 11 is 5.25. The monoisotopic (exact) mass is 406 g/mol. The zero-order chi connectivity index (χ0) is 20.5. The number of hydrogen-bond acceptors (Lipinski definition) is 4. The van der Waals surface area contributed by atoms with Crippen molar-refractivity contribution in [1.29, 1.82) is 0 Å². The summed E-state index contributed by atoms with van der Waals surface area (Å²) in [5, 5.41) is 6.23. The molecule has 0 spiro atoms. The van der Waals surface area contributed by atoms with Gasteiger partial charge in [0, 0.05) is 11.6 Å². The van der Waals surface area contributed by atoms with Crippen LogP contribution in [0, 0.1) is 11.8 Å². The Kier molecular flexibility index (Phi) is 8.50. The standard InChI is InChI=1S/C20H30N4O3S/c1-4-27-16-10-8-15(9-11-16)19(26)21-12-18(25)23-24-20(28)22-17-7-5-6-13(2)14(17)3/h8-11,13-14,17H,4-7,12H2,1-3H3,(H,21,26)(H,23,25)(H2,22,24,28)/t13-,14-,17-/m0/s1. The molecular weight excluding hydrogens is 376 g/mol. The van der Waals surface area contributed by atoms with Crippen molar-refractivity contribution in [2.24, 2.45) is 11.8 Å². The number of carbonyl (C=O) groups excluding carboxylic acids is 2. The van der Waals surface area contributed by atoms with Crippen molar-refractivity contribution in [2.45, 2.75) is 46.1 Å². The van der Waals surface area contributed by atoms with Crippen molar-refractivity contribution < 1.29 is 14.3 Å². The largest absolute Gasteiger partial charge is 0.494 e. The van der Waals surface area contributed by atoms with Gasteiger partial charge in [0.25, 0.3) is 11.8 Å². The highest BCUT2D eigenvalue weighted by Crippen LogP contribution is 2.29. The van der Waals surface area contributed by atoms with Crippen LogP contribution >= 0.6 is 12.2 Å². The van der Waals surface area contributed by atoms with Crippen molar-refractivity contribution in [3.8, 4) is 5.75 Å². The van der Waals surface area contributed by atoms with Gasteiger partial charge in [0.05, 0.1) is 13.2 Å². The van der Waals surface area contributed by atoms with Crippen molar-refractivity contribution in [3.63, 3.8) is 0 Å². The molecule has 0 radical (unpaired) electrons. The zero-order valence-electron chi connectivity index (χ0n) is 16.7. The van der Waals surface area contributed by atoms with Crippen molar-refractivity contribution in [1.82, 2.24) is 21.5 Å². The summed E-state index contributed by atoms with van der Waals surface area (Å²) in [6.45, 7) is 6.78. The van der Waals surface area contributed by atoms with E-state index in [-0.39, 0.29) is 18.4 Å². The SMILES string of the molecule is CCOc1ccc(C(=O)NCC(=O)NNC(=S)N[C@H]2CCC[C@H](C)[C@@H]2C)cc1.